The molecular weight excluding hydrogens is 406 g/mol. The lowest BCUT2D eigenvalue weighted by molar-refractivity contribution is -0.0329. The van der Waals surface area contributed by atoms with E-state index < -0.39 is 15.6 Å². The largest absolute Gasteiger partial charge is 0.450 e. The summed E-state index contributed by atoms with van der Waals surface area (Å²) in [6.45, 7) is 0.639. The van der Waals surface area contributed by atoms with Crippen LogP contribution < -0.4 is 0 Å². The van der Waals surface area contributed by atoms with E-state index in [0.717, 1.165) is 10.0 Å². The van der Waals surface area contributed by atoms with Gasteiger partial charge in [0.2, 0.25) is 10.0 Å². The van der Waals surface area contributed by atoms with Crippen molar-refractivity contribution in [2.24, 2.45) is 0 Å². The molecule has 2 heterocycles. The molecule has 2 aromatic rings. The standard InChI is InChI=1S/C18H16BrNO4S/c19-13-5-7-14(8-6-13)25(22,23)20-11-9-18(10-12-20)16-4-2-1-3-15(16)17(21)24-18/h1-8H,9-12H2. The van der Waals surface area contributed by atoms with Crippen LogP contribution in [-0.2, 0) is 20.4 Å². The number of ether oxygens (including phenoxy) is 1. The lowest BCUT2D eigenvalue weighted by Crippen LogP contribution is -2.45. The highest BCUT2D eigenvalue weighted by Gasteiger charge is 2.48. The van der Waals surface area contributed by atoms with Gasteiger partial charge >= 0.3 is 5.97 Å². The SMILES string of the molecule is O=C1OC2(CCN(S(=O)(=O)c3ccc(Br)cc3)CC2)c2ccccc21. The third-order valence-electron chi connectivity index (χ3n) is 4.91. The molecule has 2 aliphatic rings. The number of benzene rings is 2. The highest BCUT2D eigenvalue weighted by molar-refractivity contribution is 9.10. The molecule has 0 N–H and O–H groups in total. The quantitative estimate of drug-likeness (QED) is 0.697. The minimum absolute atomic E-state index is 0.274. The Morgan fingerprint density at radius 2 is 1.64 bits per heavy atom. The monoisotopic (exact) mass is 421 g/mol. The molecule has 0 saturated carbocycles. The van der Waals surface area contributed by atoms with Crippen LogP contribution in [0.1, 0.15) is 28.8 Å². The first-order chi connectivity index (χ1) is 11.9. The van der Waals surface area contributed by atoms with Gasteiger partial charge in [0.25, 0.3) is 0 Å². The third-order valence-corrected chi connectivity index (χ3v) is 7.35. The van der Waals surface area contributed by atoms with Gasteiger partial charge in [-0.2, -0.15) is 4.31 Å². The predicted octanol–water partition coefficient (Wildman–Crippen LogP) is 3.30. The van der Waals surface area contributed by atoms with Crippen molar-refractivity contribution in [1.82, 2.24) is 4.31 Å². The summed E-state index contributed by atoms with van der Waals surface area (Å²) < 4.78 is 33.6. The van der Waals surface area contributed by atoms with Crippen molar-refractivity contribution >= 4 is 31.9 Å². The maximum absolute atomic E-state index is 12.8. The summed E-state index contributed by atoms with van der Waals surface area (Å²) in [6, 6.07) is 14.0. The molecule has 0 bridgehead atoms. The zero-order valence-electron chi connectivity index (χ0n) is 13.3. The second-order valence-electron chi connectivity index (χ2n) is 6.29. The Balaban J connectivity index is 1.58. The molecule has 0 aromatic heterocycles. The van der Waals surface area contributed by atoms with Gasteiger partial charge in [-0.1, -0.05) is 34.1 Å². The van der Waals surface area contributed by atoms with Crippen LogP contribution in [0.4, 0.5) is 0 Å². The lowest BCUT2D eigenvalue weighted by Gasteiger charge is -2.37. The van der Waals surface area contributed by atoms with Gasteiger partial charge < -0.3 is 4.74 Å². The zero-order chi connectivity index (χ0) is 17.7. The van der Waals surface area contributed by atoms with Crippen LogP contribution in [-0.4, -0.2) is 31.8 Å². The number of rotatable bonds is 2. The van der Waals surface area contributed by atoms with E-state index in [1.54, 1.807) is 30.3 Å². The topological polar surface area (TPSA) is 63.7 Å². The number of sulfonamides is 1. The highest BCUT2D eigenvalue weighted by Crippen LogP contribution is 2.44. The number of carbonyl (C=O) groups is 1. The Morgan fingerprint density at radius 1 is 1.00 bits per heavy atom. The molecular formula is C18H16BrNO4S. The first-order valence-corrected chi connectivity index (χ1v) is 10.2. The van der Waals surface area contributed by atoms with E-state index in [1.807, 2.05) is 18.2 Å². The van der Waals surface area contributed by atoms with Gasteiger partial charge in [0.05, 0.1) is 10.5 Å². The molecule has 0 unspecified atom stereocenters. The Hall–Kier alpha value is -1.70. The average molecular weight is 422 g/mol. The minimum atomic E-state index is -3.54. The summed E-state index contributed by atoms with van der Waals surface area (Å²) in [5.41, 5.74) is 0.770. The van der Waals surface area contributed by atoms with E-state index in [1.165, 1.54) is 4.31 Å². The van der Waals surface area contributed by atoms with Gasteiger partial charge in [-0.05, 0) is 30.3 Å². The van der Waals surface area contributed by atoms with Gasteiger partial charge in [0, 0.05) is 36.0 Å². The van der Waals surface area contributed by atoms with Crippen LogP contribution in [0.2, 0.25) is 0 Å². The summed E-state index contributed by atoms with van der Waals surface area (Å²) in [5, 5.41) is 0. The van der Waals surface area contributed by atoms with Crippen LogP contribution in [0.25, 0.3) is 0 Å². The summed E-state index contributed by atoms with van der Waals surface area (Å²) in [7, 11) is -3.54. The predicted molar refractivity (Wildman–Crippen MR) is 95.7 cm³/mol. The van der Waals surface area contributed by atoms with Crippen LogP contribution >= 0.6 is 15.9 Å². The molecule has 2 aromatic carbocycles. The van der Waals surface area contributed by atoms with E-state index in [9.17, 15) is 13.2 Å². The molecule has 1 fully saturated rings. The van der Waals surface area contributed by atoms with Crippen molar-refractivity contribution in [3.05, 3.63) is 64.1 Å². The fraction of sp³-hybridized carbons (Fsp3) is 0.278. The first kappa shape index (κ1) is 16.8. The summed E-state index contributed by atoms with van der Waals surface area (Å²) in [5.74, 6) is -0.320. The van der Waals surface area contributed by atoms with E-state index in [4.69, 9.17) is 4.74 Å². The third kappa shape index (κ3) is 2.70. The van der Waals surface area contributed by atoms with Gasteiger partial charge in [-0.25, -0.2) is 13.2 Å². The molecule has 0 amide bonds. The van der Waals surface area contributed by atoms with E-state index in [-0.39, 0.29) is 10.9 Å². The lowest BCUT2D eigenvalue weighted by atomic mass is 9.84. The van der Waals surface area contributed by atoms with E-state index >= 15 is 0 Å². The van der Waals surface area contributed by atoms with Crippen molar-refractivity contribution in [2.45, 2.75) is 23.3 Å². The Morgan fingerprint density at radius 3 is 2.32 bits per heavy atom. The normalized spacial score (nSPS) is 19.6. The number of fused-ring (bicyclic) bond motifs is 2. The van der Waals surface area contributed by atoms with Crippen LogP contribution in [0.3, 0.4) is 0 Å². The number of hydrogen-bond acceptors (Lipinski definition) is 4. The number of halogens is 1. The van der Waals surface area contributed by atoms with Crippen LogP contribution in [0, 0.1) is 0 Å². The van der Waals surface area contributed by atoms with Crippen LogP contribution in [0.5, 0.6) is 0 Å². The first-order valence-electron chi connectivity index (χ1n) is 8.01. The highest BCUT2D eigenvalue weighted by atomic mass is 79.9. The van der Waals surface area contributed by atoms with Crippen molar-refractivity contribution in [3.8, 4) is 0 Å². The molecule has 4 rings (SSSR count). The van der Waals surface area contributed by atoms with Gasteiger partial charge in [0.15, 0.2) is 0 Å². The Kier molecular flexibility index (Phi) is 3.97. The molecule has 0 atom stereocenters. The Labute approximate surface area is 154 Å². The zero-order valence-corrected chi connectivity index (χ0v) is 15.7. The molecule has 1 saturated heterocycles. The van der Waals surface area contributed by atoms with Gasteiger partial charge in [-0.15, -0.1) is 0 Å². The van der Waals surface area contributed by atoms with Crippen molar-refractivity contribution < 1.29 is 17.9 Å². The molecule has 130 valence electrons. The number of piperidine rings is 1. The average Bonchev–Trinajstić information content (AvgIpc) is 2.88. The van der Waals surface area contributed by atoms with Crippen molar-refractivity contribution in [1.29, 1.82) is 0 Å². The van der Waals surface area contributed by atoms with Crippen molar-refractivity contribution in [2.75, 3.05) is 13.1 Å². The molecule has 0 radical (unpaired) electrons. The van der Waals surface area contributed by atoms with Crippen LogP contribution in [0.15, 0.2) is 57.9 Å². The minimum Gasteiger partial charge on any atom is -0.450 e. The number of hydrogen-bond donors (Lipinski definition) is 0. The molecule has 25 heavy (non-hydrogen) atoms. The summed E-state index contributed by atoms with van der Waals surface area (Å²) in [4.78, 5) is 12.4. The number of esters is 1. The molecule has 5 nitrogen and oxygen atoms in total. The summed E-state index contributed by atoms with van der Waals surface area (Å²) >= 11 is 3.31. The van der Waals surface area contributed by atoms with E-state index in [0.29, 0.717) is 31.5 Å². The fourth-order valence-corrected chi connectivity index (χ4v) is 5.27. The molecule has 0 aliphatic carbocycles. The van der Waals surface area contributed by atoms with Gasteiger partial charge in [0.1, 0.15) is 5.60 Å². The fourth-order valence-electron chi connectivity index (χ4n) is 3.56. The maximum Gasteiger partial charge on any atom is 0.339 e. The second-order valence-corrected chi connectivity index (χ2v) is 9.14. The molecule has 7 heteroatoms. The number of nitrogens with zero attached hydrogens (tertiary/aromatic N) is 1. The Bertz CT molecular complexity index is 932. The maximum atomic E-state index is 12.8. The molecule has 1 spiro atoms. The molecule has 2 aliphatic heterocycles. The number of carbonyl (C=O) groups excluding carboxylic acids is 1. The van der Waals surface area contributed by atoms with E-state index in [2.05, 4.69) is 15.9 Å². The van der Waals surface area contributed by atoms with Gasteiger partial charge in [-0.3, -0.25) is 0 Å². The summed E-state index contributed by atoms with van der Waals surface area (Å²) in [6.07, 6.45) is 0.928. The second kappa shape index (κ2) is 5.93. The smallest absolute Gasteiger partial charge is 0.339 e. The van der Waals surface area contributed by atoms with Crippen molar-refractivity contribution in [3.63, 3.8) is 0 Å².